The van der Waals surface area contributed by atoms with Gasteiger partial charge in [0.05, 0.1) is 11.8 Å². The number of amides is 1. The average Bonchev–Trinajstić information content (AvgIpc) is 2.27. The SMILES string of the molecule is CC(C)CC(CN)NC(=O)c1ccncc1F. The lowest BCUT2D eigenvalue weighted by molar-refractivity contribution is 0.0929. The summed E-state index contributed by atoms with van der Waals surface area (Å²) in [5, 5.41) is 2.72. The van der Waals surface area contributed by atoms with Crippen molar-refractivity contribution in [1.82, 2.24) is 10.3 Å². The summed E-state index contributed by atoms with van der Waals surface area (Å²) in [6.45, 7) is 4.43. The van der Waals surface area contributed by atoms with Crippen molar-refractivity contribution in [2.75, 3.05) is 6.54 Å². The van der Waals surface area contributed by atoms with Gasteiger partial charge in [-0.3, -0.25) is 9.78 Å². The van der Waals surface area contributed by atoms with Crippen molar-refractivity contribution in [3.8, 4) is 0 Å². The third-order valence-corrected chi connectivity index (χ3v) is 2.39. The number of hydrogen-bond donors (Lipinski definition) is 2. The molecule has 0 radical (unpaired) electrons. The molecule has 0 fully saturated rings. The molecule has 1 unspecified atom stereocenters. The molecule has 94 valence electrons. The number of hydrogen-bond acceptors (Lipinski definition) is 3. The highest BCUT2D eigenvalue weighted by Gasteiger charge is 2.16. The van der Waals surface area contributed by atoms with Crippen LogP contribution < -0.4 is 11.1 Å². The van der Waals surface area contributed by atoms with Crippen LogP contribution in [0.1, 0.15) is 30.6 Å². The zero-order valence-electron chi connectivity index (χ0n) is 10.1. The summed E-state index contributed by atoms with van der Waals surface area (Å²) in [4.78, 5) is 15.4. The lowest BCUT2D eigenvalue weighted by Crippen LogP contribution is -2.41. The van der Waals surface area contributed by atoms with Crippen LogP contribution in [0.2, 0.25) is 0 Å². The molecule has 5 heteroatoms. The van der Waals surface area contributed by atoms with Gasteiger partial charge >= 0.3 is 0 Å². The Hall–Kier alpha value is -1.49. The maximum Gasteiger partial charge on any atom is 0.254 e. The second-order valence-corrected chi connectivity index (χ2v) is 4.39. The number of nitrogens with one attached hydrogen (secondary N) is 1. The smallest absolute Gasteiger partial charge is 0.254 e. The molecule has 0 saturated carbocycles. The van der Waals surface area contributed by atoms with Crippen molar-refractivity contribution in [2.45, 2.75) is 26.3 Å². The van der Waals surface area contributed by atoms with Crippen LogP contribution in [-0.4, -0.2) is 23.5 Å². The van der Waals surface area contributed by atoms with Gasteiger partial charge in [-0.2, -0.15) is 0 Å². The van der Waals surface area contributed by atoms with Crippen LogP contribution >= 0.6 is 0 Å². The first kappa shape index (κ1) is 13.6. The van der Waals surface area contributed by atoms with E-state index in [0.29, 0.717) is 12.5 Å². The molecule has 0 aliphatic rings. The van der Waals surface area contributed by atoms with Crippen molar-refractivity contribution in [3.63, 3.8) is 0 Å². The number of carbonyl (C=O) groups is 1. The van der Waals surface area contributed by atoms with Crippen molar-refractivity contribution < 1.29 is 9.18 Å². The monoisotopic (exact) mass is 239 g/mol. The molecule has 1 amide bonds. The summed E-state index contributed by atoms with van der Waals surface area (Å²) in [6.07, 6.45) is 3.18. The molecule has 1 rings (SSSR count). The number of nitrogens with zero attached hydrogens (tertiary/aromatic N) is 1. The fraction of sp³-hybridized carbons (Fsp3) is 0.500. The Bertz CT molecular complexity index is 382. The fourth-order valence-corrected chi connectivity index (χ4v) is 1.61. The predicted molar refractivity (Wildman–Crippen MR) is 64.0 cm³/mol. The fourth-order valence-electron chi connectivity index (χ4n) is 1.61. The van der Waals surface area contributed by atoms with Crippen molar-refractivity contribution in [2.24, 2.45) is 11.7 Å². The molecular weight excluding hydrogens is 221 g/mol. The number of nitrogens with two attached hydrogens (primary N) is 1. The quantitative estimate of drug-likeness (QED) is 0.814. The van der Waals surface area contributed by atoms with Crippen LogP contribution in [0.4, 0.5) is 4.39 Å². The van der Waals surface area contributed by atoms with Gasteiger partial charge in [-0.25, -0.2) is 4.39 Å². The van der Waals surface area contributed by atoms with E-state index in [1.165, 1.54) is 12.3 Å². The van der Waals surface area contributed by atoms with E-state index < -0.39 is 11.7 Å². The van der Waals surface area contributed by atoms with E-state index in [9.17, 15) is 9.18 Å². The Balaban J connectivity index is 2.68. The molecular formula is C12H18FN3O. The van der Waals surface area contributed by atoms with Gasteiger partial charge in [0.15, 0.2) is 5.82 Å². The van der Waals surface area contributed by atoms with Crippen LogP contribution in [0.15, 0.2) is 18.5 Å². The maximum absolute atomic E-state index is 13.3. The first-order valence-electron chi connectivity index (χ1n) is 5.65. The van der Waals surface area contributed by atoms with Gasteiger partial charge in [-0.05, 0) is 18.4 Å². The van der Waals surface area contributed by atoms with Gasteiger partial charge in [-0.1, -0.05) is 13.8 Å². The Kier molecular flexibility index (Phi) is 5.03. The molecule has 0 saturated heterocycles. The van der Waals surface area contributed by atoms with E-state index in [0.717, 1.165) is 12.6 Å². The third-order valence-electron chi connectivity index (χ3n) is 2.39. The summed E-state index contributed by atoms with van der Waals surface area (Å²) in [7, 11) is 0. The number of halogens is 1. The first-order chi connectivity index (χ1) is 8.04. The molecule has 3 N–H and O–H groups in total. The summed E-state index contributed by atoms with van der Waals surface area (Å²) >= 11 is 0. The Morgan fingerprint density at radius 3 is 2.82 bits per heavy atom. The van der Waals surface area contributed by atoms with Gasteiger partial charge in [-0.15, -0.1) is 0 Å². The standard InChI is InChI=1S/C12H18FN3O/c1-8(2)5-9(6-14)16-12(17)10-3-4-15-7-11(10)13/h3-4,7-9H,5-6,14H2,1-2H3,(H,16,17). The average molecular weight is 239 g/mol. The Morgan fingerprint density at radius 2 is 2.29 bits per heavy atom. The lowest BCUT2D eigenvalue weighted by atomic mass is 10.0. The topological polar surface area (TPSA) is 68.0 Å². The van der Waals surface area contributed by atoms with Gasteiger partial charge in [0.1, 0.15) is 0 Å². The van der Waals surface area contributed by atoms with E-state index >= 15 is 0 Å². The second-order valence-electron chi connectivity index (χ2n) is 4.39. The largest absolute Gasteiger partial charge is 0.348 e. The molecule has 4 nitrogen and oxygen atoms in total. The Morgan fingerprint density at radius 1 is 1.59 bits per heavy atom. The van der Waals surface area contributed by atoms with Gasteiger partial charge in [0, 0.05) is 18.8 Å². The summed E-state index contributed by atoms with van der Waals surface area (Å²) in [5.41, 5.74) is 5.57. The van der Waals surface area contributed by atoms with Gasteiger partial charge in [0.25, 0.3) is 5.91 Å². The highest BCUT2D eigenvalue weighted by atomic mass is 19.1. The Labute approximate surface area is 100 Å². The zero-order valence-corrected chi connectivity index (χ0v) is 10.1. The molecule has 0 spiro atoms. The van der Waals surface area contributed by atoms with E-state index in [2.05, 4.69) is 10.3 Å². The van der Waals surface area contributed by atoms with Gasteiger partial charge in [0.2, 0.25) is 0 Å². The first-order valence-corrected chi connectivity index (χ1v) is 5.65. The van der Waals surface area contributed by atoms with Crippen molar-refractivity contribution >= 4 is 5.91 Å². The van der Waals surface area contributed by atoms with Crippen LogP contribution in [0.3, 0.4) is 0 Å². The molecule has 0 aliphatic carbocycles. The minimum atomic E-state index is -0.620. The number of aromatic nitrogens is 1. The lowest BCUT2D eigenvalue weighted by Gasteiger charge is -2.18. The van der Waals surface area contributed by atoms with Gasteiger partial charge < -0.3 is 11.1 Å². The highest BCUT2D eigenvalue weighted by Crippen LogP contribution is 2.07. The summed E-state index contributed by atoms with van der Waals surface area (Å²) in [5.74, 6) is -0.641. The van der Waals surface area contributed by atoms with Crippen LogP contribution in [0, 0.1) is 11.7 Å². The van der Waals surface area contributed by atoms with E-state index in [1.807, 2.05) is 13.8 Å². The molecule has 1 aromatic rings. The molecule has 1 atom stereocenters. The minimum Gasteiger partial charge on any atom is -0.348 e. The normalized spacial score (nSPS) is 12.5. The summed E-state index contributed by atoms with van der Waals surface area (Å²) < 4.78 is 13.3. The maximum atomic E-state index is 13.3. The van der Waals surface area contributed by atoms with Crippen LogP contribution in [0.25, 0.3) is 0 Å². The molecule has 17 heavy (non-hydrogen) atoms. The van der Waals surface area contributed by atoms with E-state index in [1.54, 1.807) is 0 Å². The number of rotatable bonds is 5. The predicted octanol–water partition coefficient (Wildman–Crippen LogP) is 1.32. The number of pyridine rings is 1. The molecule has 1 heterocycles. The third kappa shape index (κ3) is 4.11. The molecule has 0 bridgehead atoms. The van der Waals surface area contributed by atoms with E-state index in [-0.39, 0.29) is 11.6 Å². The summed E-state index contributed by atoms with van der Waals surface area (Å²) in [6, 6.07) is 1.23. The molecule has 0 aromatic carbocycles. The minimum absolute atomic E-state index is 0.00204. The molecule has 1 aromatic heterocycles. The van der Waals surface area contributed by atoms with Crippen LogP contribution in [-0.2, 0) is 0 Å². The van der Waals surface area contributed by atoms with Crippen LogP contribution in [0.5, 0.6) is 0 Å². The zero-order chi connectivity index (χ0) is 12.8. The van der Waals surface area contributed by atoms with Crippen molar-refractivity contribution in [1.29, 1.82) is 0 Å². The second kappa shape index (κ2) is 6.30. The number of carbonyl (C=O) groups excluding carboxylic acids is 1. The highest BCUT2D eigenvalue weighted by molar-refractivity contribution is 5.94. The van der Waals surface area contributed by atoms with Crippen molar-refractivity contribution in [3.05, 3.63) is 29.8 Å². The molecule has 0 aliphatic heterocycles. The van der Waals surface area contributed by atoms with E-state index in [4.69, 9.17) is 5.73 Å².